The average Bonchev–Trinajstić information content (AvgIpc) is 2.93. The predicted molar refractivity (Wildman–Crippen MR) is 90.5 cm³/mol. The van der Waals surface area contributed by atoms with Crippen LogP contribution in [0.3, 0.4) is 0 Å². The van der Waals surface area contributed by atoms with E-state index in [0.29, 0.717) is 17.8 Å². The van der Waals surface area contributed by atoms with Crippen molar-refractivity contribution in [1.82, 2.24) is 15.1 Å². The molecule has 1 aliphatic rings. The first kappa shape index (κ1) is 16.7. The molecule has 1 saturated carbocycles. The van der Waals surface area contributed by atoms with Crippen LogP contribution in [-0.2, 0) is 10.3 Å². The molecule has 0 aliphatic heterocycles. The third kappa shape index (κ3) is 3.96. The molecule has 0 radical (unpaired) electrons. The number of nitrogen functional groups attached to an aromatic ring is 1. The van der Waals surface area contributed by atoms with Crippen molar-refractivity contribution in [3.05, 3.63) is 24.2 Å². The molecule has 1 aromatic heterocycles. The molecule has 0 aromatic carbocycles. The first-order valence-corrected chi connectivity index (χ1v) is 8.15. The van der Waals surface area contributed by atoms with E-state index < -0.39 is 0 Å². The number of rotatable bonds is 5. The van der Waals surface area contributed by atoms with E-state index in [9.17, 15) is 0 Å². The minimum absolute atomic E-state index is 0.0910. The van der Waals surface area contributed by atoms with E-state index in [2.05, 4.69) is 46.5 Å². The molecule has 0 unspecified atom stereocenters. The summed E-state index contributed by atoms with van der Waals surface area (Å²) in [5, 5.41) is 7.92. The number of hydrogen-bond donors (Lipinski definition) is 2. The van der Waals surface area contributed by atoms with Gasteiger partial charge in [0.15, 0.2) is 5.88 Å². The minimum Gasteiger partial charge on any atom is -0.476 e. The zero-order valence-corrected chi connectivity index (χ0v) is 14.5. The van der Waals surface area contributed by atoms with Crippen molar-refractivity contribution in [2.75, 3.05) is 5.73 Å². The molecule has 2 atom stereocenters. The standard InChI is InChI=1S/C17H30N4O/c1-11(2)19-12(3)22-14-8-7-13(9-14)15-10-16(18)21(20-15)17(4,5)6/h10-11,13-14,19H,3,7-9,18H2,1-2,4-6H3/t13-,14+/m0/s1. The number of nitrogens with one attached hydrogen (secondary N) is 1. The van der Waals surface area contributed by atoms with Gasteiger partial charge in [-0.25, -0.2) is 4.68 Å². The van der Waals surface area contributed by atoms with E-state index in [1.807, 2.05) is 10.7 Å². The van der Waals surface area contributed by atoms with E-state index in [1.54, 1.807) is 0 Å². The van der Waals surface area contributed by atoms with Gasteiger partial charge in [0, 0.05) is 18.0 Å². The van der Waals surface area contributed by atoms with Crippen molar-refractivity contribution in [3.63, 3.8) is 0 Å². The highest BCUT2D eigenvalue weighted by molar-refractivity contribution is 5.34. The zero-order valence-electron chi connectivity index (χ0n) is 14.5. The summed E-state index contributed by atoms with van der Waals surface area (Å²) in [7, 11) is 0. The molecule has 2 rings (SSSR count). The van der Waals surface area contributed by atoms with Gasteiger partial charge in [0.25, 0.3) is 0 Å². The van der Waals surface area contributed by atoms with Gasteiger partial charge in [-0.2, -0.15) is 5.10 Å². The summed E-state index contributed by atoms with van der Waals surface area (Å²) in [6.07, 6.45) is 3.30. The number of aromatic nitrogens is 2. The Morgan fingerprint density at radius 2 is 2.14 bits per heavy atom. The Hall–Kier alpha value is -1.65. The van der Waals surface area contributed by atoms with E-state index in [-0.39, 0.29) is 11.6 Å². The molecular weight excluding hydrogens is 276 g/mol. The minimum atomic E-state index is -0.0910. The van der Waals surface area contributed by atoms with Crippen LogP contribution in [0.5, 0.6) is 0 Å². The maximum Gasteiger partial charge on any atom is 0.179 e. The average molecular weight is 306 g/mol. The monoisotopic (exact) mass is 306 g/mol. The molecule has 0 spiro atoms. The van der Waals surface area contributed by atoms with Crippen molar-refractivity contribution in [3.8, 4) is 0 Å². The highest BCUT2D eigenvalue weighted by Gasteiger charge is 2.30. The van der Waals surface area contributed by atoms with Gasteiger partial charge >= 0.3 is 0 Å². The normalized spacial score (nSPS) is 22.1. The van der Waals surface area contributed by atoms with Crippen LogP contribution in [0.25, 0.3) is 0 Å². The van der Waals surface area contributed by atoms with Gasteiger partial charge in [0.2, 0.25) is 0 Å². The summed E-state index contributed by atoms with van der Waals surface area (Å²) in [5.74, 6) is 1.82. The Morgan fingerprint density at radius 1 is 1.45 bits per heavy atom. The summed E-state index contributed by atoms with van der Waals surface area (Å²) in [6, 6.07) is 2.35. The van der Waals surface area contributed by atoms with Crippen molar-refractivity contribution in [2.24, 2.45) is 0 Å². The van der Waals surface area contributed by atoms with Gasteiger partial charge in [-0.15, -0.1) is 0 Å². The van der Waals surface area contributed by atoms with Crippen molar-refractivity contribution < 1.29 is 4.74 Å². The van der Waals surface area contributed by atoms with Gasteiger partial charge in [-0.05, 0) is 60.5 Å². The molecule has 1 aromatic rings. The van der Waals surface area contributed by atoms with Gasteiger partial charge in [0.05, 0.1) is 11.2 Å². The van der Waals surface area contributed by atoms with Gasteiger partial charge in [-0.3, -0.25) is 0 Å². The van der Waals surface area contributed by atoms with E-state index in [0.717, 1.165) is 30.8 Å². The fraction of sp³-hybridized carbons (Fsp3) is 0.706. The topological polar surface area (TPSA) is 65.1 Å². The maximum absolute atomic E-state index is 6.11. The lowest BCUT2D eigenvalue weighted by atomic mass is 10.0. The number of nitrogens with two attached hydrogens (primary N) is 1. The van der Waals surface area contributed by atoms with Crippen LogP contribution in [-0.4, -0.2) is 21.9 Å². The zero-order chi connectivity index (χ0) is 16.5. The van der Waals surface area contributed by atoms with Crippen molar-refractivity contribution in [1.29, 1.82) is 0 Å². The van der Waals surface area contributed by atoms with Crippen LogP contribution in [0.1, 0.15) is 65.5 Å². The first-order chi connectivity index (χ1) is 10.2. The van der Waals surface area contributed by atoms with Crippen molar-refractivity contribution >= 4 is 5.82 Å². The fourth-order valence-electron chi connectivity index (χ4n) is 3.02. The smallest absolute Gasteiger partial charge is 0.179 e. The quantitative estimate of drug-likeness (QED) is 0.819. The highest BCUT2D eigenvalue weighted by atomic mass is 16.5. The Bertz CT molecular complexity index is 527. The Labute approximate surface area is 133 Å². The van der Waals surface area contributed by atoms with Gasteiger partial charge in [0.1, 0.15) is 11.9 Å². The largest absolute Gasteiger partial charge is 0.476 e. The van der Waals surface area contributed by atoms with Gasteiger partial charge < -0.3 is 15.8 Å². The molecule has 1 aliphatic carbocycles. The third-order valence-corrected chi connectivity index (χ3v) is 3.95. The molecule has 0 amide bonds. The number of ether oxygens (including phenoxy) is 1. The van der Waals surface area contributed by atoms with Crippen LogP contribution < -0.4 is 11.1 Å². The molecule has 1 fully saturated rings. The SMILES string of the molecule is C=C(NC(C)C)O[C@@H]1CC[C@H](c2cc(N)n(C(C)(C)C)n2)C1. The molecule has 3 N–H and O–H groups in total. The second-order valence-corrected chi connectivity index (χ2v) is 7.55. The summed E-state index contributed by atoms with van der Waals surface area (Å²) < 4.78 is 7.82. The third-order valence-electron chi connectivity index (χ3n) is 3.95. The molecule has 1 heterocycles. The van der Waals surface area contributed by atoms with Crippen LogP contribution in [0.4, 0.5) is 5.82 Å². The maximum atomic E-state index is 6.11. The van der Waals surface area contributed by atoms with Crippen LogP contribution >= 0.6 is 0 Å². The Kier molecular flexibility index (Phi) is 4.73. The number of nitrogens with zero attached hydrogens (tertiary/aromatic N) is 2. The van der Waals surface area contributed by atoms with Crippen LogP contribution in [0.15, 0.2) is 18.5 Å². The lowest BCUT2D eigenvalue weighted by Gasteiger charge is -2.21. The van der Waals surface area contributed by atoms with Crippen LogP contribution in [0, 0.1) is 0 Å². The molecule has 0 bridgehead atoms. The summed E-state index contributed by atoms with van der Waals surface area (Å²) in [6.45, 7) is 14.4. The molecule has 0 saturated heterocycles. The molecule has 124 valence electrons. The number of hydrogen-bond acceptors (Lipinski definition) is 4. The van der Waals surface area contributed by atoms with Crippen molar-refractivity contribution in [2.45, 2.75) is 77.5 Å². The van der Waals surface area contributed by atoms with Gasteiger partial charge in [-0.1, -0.05) is 0 Å². The van der Waals surface area contributed by atoms with E-state index in [1.165, 1.54) is 0 Å². The molecule has 22 heavy (non-hydrogen) atoms. The predicted octanol–water partition coefficient (Wildman–Crippen LogP) is 3.34. The lowest BCUT2D eigenvalue weighted by molar-refractivity contribution is 0.104. The van der Waals surface area contributed by atoms with Crippen LogP contribution in [0.2, 0.25) is 0 Å². The summed E-state index contributed by atoms with van der Waals surface area (Å²) in [5.41, 5.74) is 7.10. The van der Waals surface area contributed by atoms with E-state index >= 15 is 0 Å². The second-order valence-electron chi connectivity index (χ2n) is 7.55. The molecule has 5 heteroatoms. The lowest BCUT2D eigenvalue weighted by Crippen LogP contribution is -2.25. The highest BCUT2D eigenvalue weighted by Crippen LogP contribution is 2.37. The fourth-order valence-corrected chi connectivity index (χ4v) is 3.02. The molecular formula is C17H30N4O. The second kappa shape index (κ2) is 6.23. The molecule has 5 nitrogen and oxygen atoms in total. The summed E-state index contributed by atoms with van der Waals surface area (Å²) in [4.78, 5) is 0. The van der Waals surface area contributed by atoms with E-state index in [4.69, 9.17) is 15.6 Å². The Morgan fingerprint density at radius 3 is 2.68 bits per heavy atom. The Balaban J connectivity index is 1.97. The number of anilines is 1. The first-order valence-electron chi connectivity index (χ1n) is 8.15. The summed E-state index contributed by atoms with van der Waals surface area (Å²) >= 11 is 0.